The molecule has 0 radical (unpaired) electrons. The Kier molecular flexibility index (Phi) is 4.40. The van der Waals surface area contributed by atoms with Gasteiger partial charge in [-0.05, 0) is 12.1 Å². The Morgan fingerprint density at radius 1 is 0.905 bits per heavy atom. The molecule has 120 valence electrons. The summed E-state index contributed by atoms with van der Waals surface area (Å²) in [5.74, 6) is -3.00. The lowest BCUT2D eigenvalue weighted by Crippen LogP contribution is -2.39. The van der Waals surface area contributed by atoms with Gasteiger partial charge >= 0.3 is 34.3 Å². The molecule has 0 heterocycles. The Balaban J connectivity index is 3.43. The number of benzene rings is 1. The number of phenols is 2. The molecule has 0 aliphatic heterocycles. The highest BCUT2D eigenvalue weighted by Crippen LogP contribution is 2.36. The molecule has 1 rings (SSSR count). The molecule has 0 fully saturated rings. The number of hydrogen-bond acceptors (Lipinski definition) is 9. The molecule has 0 saturated heterocycles. The predicted octanol–water partition coefficient (Wildman–Crippen LogP) is -1.13. The second kappa shape index (κ2) is 5.30. The van der Waals surface area contributed by atoms with Crippen molar-refractivity contribution >= 4 is 30.4 Å². The second-order valence-corrected chi connectivity index (χ2v) is 9.04. The van der Waals surface area contributed by atoms with Crippen molar-refractivity contribution in [3.63, 3.8) is 0 Å². The molecule has 0 atom stereocenters. The lowest BCUT2D eigenvalue weighted by molar-refractivity contribution is 0.383. The topological polar surface area (TPSA) is 193 Å². The Labute approximate surface area is 119 Å². The number of rotatable bonds is 5. The van der Waals surface area contributed by atoms with Crippen LogP contribution in [0.15, 0.2) is 18.2 Å². The van der Waals surface area contributed by atoms with Crippen LogP contribution in [0.4, 0.5) is 0 Å². The first-order valence-electron chi connectivity index (χ1n) is 4.63. The van der Waals surface area contributed by atoms with Gasteiger partial charge in [0.05, 0.1) is 0 Å². The van der Waals surface area contributed by atoms with Crippen molar-refractivity contribution in [2.75, 3.05) is 0 Å². The summed E-state index contributed by atoms with van der Waals surface area (Å²) in [4.78, 5) is 0. The van der Waals surface area contributed by atoms with Crippen LogP contribution in [-0.4, -0.2) is 48.5 Å². The number of hydrogen-bond donors (Lipinski definition) is 4. The number of para-hydroxylation sites is 1. The van der Waals surface area contributed by atoms with Crippen LogP contribution in [0.2, 0.25) is 0 Å². The normalized spacial score (nSPS) is 13.3. The van der Waals surface area contributed by atoms with Gasteiger partial charge in [0.25, 0.3) is 0 Å². The molecule has 14 heteroatoms. The third-order valence-electron chi connectivity index (χ3n) is 1.91. The largest absolute Gasteiger partial charge is 0.504 e. The van der Waals surface area contributed by atoms with Gasteiger partial charge < -0.3 is 14.4 Å². The fraction of sp³-hybridized carbons (Fsp3) is 0.143. The highest BCUT2D eigenvalue weighted by atomic mass is 32.3. The van der Waals surface area contributed by atoms with Gasteiger partial charge in [0, 0.05) is 0 Å². The van der Waals surface area contributed by atoms with E-state index in [1.165, 1.54) is 0 Å². The molecule has 0 saturated carbocycles. The lowest BCUT2D eigenvalue weighted by Gasteiger charge is -2.13. The molecule has 0 aromatic heterocycles. The maximum atomic E-state index is 11.6. The minimum atomic E-state index is -5.82. The van der Waals surface area contributed by atoms with Crippen LogP contribution in [0.5, 0.6) is 17.2 Å². The number of aromatic hydroxyl groups is 2. The second-order valence-electron chi connectivity index (χ2n) is 3.52. The summed E-state index contributed by atoms with van der Waals surface area (Å²) in [6, 6.07) is 2.64. The van der Waals surface area contributed by atoms with E-state index in [0.717, 1.165) is 18.2 Å². The van der Waals surface area contributed by atoms with Crippen LogP contribution < -0.4 is 4.18 Å². The van der Waals surface area contributed by atoms with Gasteiger partial charge in [0.15, 0.2) is 11.5 Å². The smallest absolute Gasteiger partial charge is 0.347 e. The molecule has 1 aromatic carbocycles. The summed E-state index contributed by atoms with van der Waals surface area (Å²) < 4.78 is 83.9. The van der Waals surface area contributed by atoms with Crippen LogP contribution >= 0.6 is 0 Å². The van der Waals surface area contributed by atoms with Crippen molar-refractivity contribution in [2.45, 2.75) is 3.91 Å². The quantitative estimate of drug-likeness (QED) is 0.280. The van der Waals surface area contributed by atoms with E-state index >= 15 is 0 Å². The summed E-state index contributed by atoms with van der Waals surface area (Å²) in [5.41, 5.74) is 0. The maximum Gasteiger partial charge on any atom is 0.347 e. The van der Waals surface area contributed by atoms with Crippen LogP contribution in [0.3, 0.4) is 0 Å². The Bertz CT molecular complexity index is 817. The Morgan fingerprint density at radius 2 is 1.38 bits per heavy atom. The Hall–Kier alpha value is -1.61. The highest BCUT2D eigenvalue weighted by Gasteiger charge is 2.49. The molecule has 0 aliphatic carbocycles. The third-order valence-corrected chi connectivity index (χ3v) is 8.09. The van der Waals surface area contributed by atoms with Gasteiger partial charge in [0.1, 0.15) is 0 Å². The zero-order valence-corrected chi connectivity index (χ0v) is 12.1. The van der Waals surface area contributed by atoms with E-state index in [4.69, 9.17) is 14.2 Å². The molecular formula is C7H8O11S3. The fourth-order valence-corrected chi connectivity index (χ4v) is 5.51. The van der Waals surface area contributed by atoms with Gasteiger partial charge in [-0.15, -0.1) is 0 Å². The third kappa shape index (κ3) is 3.94. The zero-order chi connectivity index (χ0) is 16.6. The summed E-state index contributed by atoms with van der Waals surface area (Å²) in [6.07, 6.45) is 0. The molecule has 0 aliphatic rings. The fourth-order valence-electron chi connectivity index (χ4n) is 1.19. The van der Waals surface area contributed by atoms with Crippen molar-refractivity contribution < 1.29 is 48.8 Å². The van der Waals surface area contributed by atoms with Crippen molar-refractivity contribution in [1.29, 1.82) is 0 Å². The van der Waals surface area contributed by atoms with Gasteiger partial charge in [-0.25, -0.2) is 0 Å². The van der Waals surface area contributed by atoms with Crippen molar-refractivity contribution in [1.82, 2.24) is 0 Å². The van der Waals surface area contributed by atoms with E-state index in [0.29, 0.717) is 0 Å². The van der Waals surface area contributed by atoms with E-state index in [9.17, 15) is 30.4 Å². The van der Waals surface area contributed by atoms with Crippen molar-refractivity contribution in [2.24, 2.45) is 0 Å². The maximum absolute atomic E-state index is 11.6. The average molecular weight is 364 g/mol. The molecule has 4 N–H and O–H groups in total. The lowest BCUT2D eigenvalue weighted by atomic mass is 10.3. The van der Waals surface area contributed by atoms with Crippen LogP contribution in [0.25, 0.3) is 0 Å². The van der Waals surface area contributed by atoms with Crippen molar-refractivity contribution in [3.05, 3.63) is 18.2 Å². The van der Waals surface area contributed by atoms with E-state index < -0.39 is 51.5 Å². The Morgan fingerprint density at radius 3 is 1.81 bits per heavy atom. The molecular weight excluding hydrogens is 356 g/mol. The summed E-state index contributed by atoms with van der Waals surface area (Å²) in [7, 11) is -17.3. The molecule has 0 amide bonds. The van der Waals surface area contributed by atoms with Gasteiger partial charge in [-0.1, -0.05) is 6.07 Å². The molecule has 0 unspecified atom stereocenters. The predicted molar refractivity (Wildman–Crippen MR) is 66.2 cm³/mol. The first kappa shape index (κ1) is 17.4. The molecule has 1 aromatic rings. The standard InChI is InChI=1S/C7H8O11S3/c8-4-2-1-3-5(6(4)9)18-21(16,17)7(19(10,11)12)20(13,14)15/h1-3,7-9H,(H,10,11,12)(H,13,14,15). The van der Waals surface area contributed by atoms with Crippen LogP contribution in [0.1, 0.15) is 0 Å². The zero-order valence-electron chi connectivity index (χ0n) is 9.68. The SMILES string of the molecule is O=S(=O)(O)C(S(=O)(=O)O)S(=O)(=O)Oc1cccc(O)c1O. The van der Waals surface area contributed by atoms with Crippen molar-refractivity contribution in [3.8, 4) is 17.2 Å². The van der Waals surface area contributed by atoms with Crippen LogP contribution in [0, 0.1) is 0 Å². The average Bonchev–Trinajstić information content (AvgIpc) is 2.19. The van der Waals surface area contributed by atoms with E-state index in [1.807, 2.05) is 0 Å². The molecule has 11 nitrogen and oxygen atoms in total. The molecule has 0 bridgehead atoms. The monoisotopic (exact) mass is 364 g/mol. The minimum Gasteiger partial charge on any atom is -0.504 e. The first-order valence-corrected chi connectivity index (χ1v) is 9.11. The summed E-state index contributed by atoms with van der Waals surface area (Å²) in [5, 5.41) is 18.4. The first-order chi connectivity index (χ1) is 9.27. The minimum absolute atomic E-state index is 0.748. The molecule has 21 heavy (non-hydrogen) atoms. The molecule has 0 spiro atoms. The summed E-state index contributed by atoms with van der Waals surface area (Å²) in [6.45, 7) is 0. The van der Waals surface area contributed by atoms with E-state index in [-0.39, 0.29) is 0 Å². The highest BCUT2D eigenvalue weighted by molar-refractivity contribution is 8.19. The van der Waals surface area contributed by atoms with E-state index in [1.54, 1.807) is 0 Å². The number of phenolic OH excluding ortho intramolecular Hbond substituents is 2. The summed E-state index contributed by atoms with van der Waals surface area (Å²) >= 11 is 0. The van der Waals surface area contributed by atoms with Gasteiger partial charge in [-0.3, -0.25) is 9.11 Å². The van der Waals surface area contributed by atoms with Crippen LogP contribution in [-0.2, 0) is 30.4 Å². The van der Waals surface area contributed by atoms with Gasteiger partial charge in [0.2, 0.25) is 5.75 Å². The van der Waals surface area contributed by atoms with E-state index in [2.05, 4.69) is 4.18 Å². The van der Waals surface area contributed by atoms with Gasteiger partial charge in [-0.2, -0.15) is 25.3 Å².